The number of halogens is 3. The Labute approximate surface area is 186 Å². The molecule has 2 rings (SSSR count). The van der Waals surface area contributed by atoms with Gasteiger partial charge in [0.1, 0.15) is 18.4 Å². The number of hydrogen-bond acceptors (Lipinski definition) is 6. The topological polar surface area (TPSA) is 159 Å². The summed E-state index contributed by atoms with van der Waals surface area (Å²) in [5.41, 5.74) is 5.88. The summed E-state index contributed by atoms with van der Waals surface area (Å²) < 4.78 is 28.0. The molecule has 1 saturated heterocycles. The van der Waals surface area contributed by atoms with Crippen molar-refractivity contribution < 1.29 is 37.9 Å². The van der Waals surface area contributed by atoms with Crippen molar-refractivity contribution in [2.75, 3.05) is 12.3 Å². The molecular weight excluding hydrogens is 454 g/mol. The molecule has 1 aromatic rings. The molecule has 0 aromatic heterocycles. The monoisotopic (exact) mass is 474 g/mol. The van der Waals surface area contributed by atoms with E-state index < -0.39 is 67.1 Å². The quantitative estimate of drug-likeness (QED) is 0.314. The van der Waals surface area contributed by atoms with Gasteiger partial charge < -0.3 is 31.2 Å². The first-order chi connectivity index (χ1) is 14.8. The summed E-state index contributed by atoms with van der Waals surface area (Å²) in [6.45, 7) is 0.172. The van der Waals surface area contributed by atoms with Crippen LogP contribution in [0.5, 0.6) is 0 Å². The number of benzene rings is 1. The van der Waals surface area contributed by atoms with E-state index in [4.69, 9.17) is 22.4 Å². The number of nitrogens with one attached hydrogen (secondary N) is 2. The normalized spacial score (nSPS) is 19.0. The Morgan fingerprint density at radius 1 is 1.34 bits per heavy atom. The van der Waals surface area contributed by atoms with Gasteiger partial charge in [-0.1, -0.05) is 11.6 Å². The number of alkyl halides is 2. The molecule has 174 valence electrons. The molecule has 10 nitrogen and oxygen atoms in total. The minimum Gasteiger partial charge on any atom is -0.481 e. The van der Waals surface area contributed by atoms with Crippen LogP contribution in [-0.2, 0) is 19.2 Å². The molecule has 0 saturated carbocycles. The van der Waals surface area contributed by atoms with Crippen LogP contribution in [0.15, 0.2) is 18.2 Å². The molecule has 32 heavy (non-hydrogen) atoms. The number of likely N-dealkylation sites (tertiary alicyclic amines) is 1. The van der Waals surface area contributed by atoms with Crippen LogP contribution in [0.25, 0.3) is 0 Å². The van der Waals surface area contributed by atoms with Crippen LogP contribution < -0.4 is 16.4 Å². The van der Waals surface area contributed by atoms with Crippen LogP contribution in [0.4, 0.5) is 14.5 Å². The highest BCUT2D eigenvalue weighted by molar-refractivity contribution is 6.33. The van der Waals surface area contributed by atoms with E-state index in [0.29, 0.717) is 4.90 Å². The molecule has 0 bridgehead atoms. The first kappa shape index (κ1) is 25.0. The summed E-state index contributed by atoms with van der Waals surface area (Å²) in [4.78, 5) is 59.9. The highest BCUT2D eigenvalue weighted by Gasteiger charge is 2.51. The standard InChI is InChI=1S/C19H21ClF2N4O6/c1-9(24-16(30)10-2-3-13(23)12(20)4-10)18(32)26-8-19(21,22)6-14(26)17(31)25-11(7-27)5-15(28)29/h2-4,7,9,11,14H,5-6,8,23H2,1H3,(H,24,30)(H,25,31)(H,28,29)/t9-,11-,14-/m0/s1. The van der Waals surface area contributed by atoms with Gasteiger partial charge in [-0.3, -0.25) is 19.2 Å². The summed E-state index contributed by atoms with van der Waals surface area (Å²) in [7, 11) is 0. The molecule has 3 atom stereocenters. The molecule has 0 aliphatic carbocycles. The maximum absolute atomic E-state index is 14.0. The number of carbonyl (C=O) groups excluding carboxylic acids is 4. The second-order valence-corrected chi connectivity index (χ2v) is 7.73. The molecule has 1 aromatic carbocycles. The van der Waals surface area contributed by atoms with Gasteiger partial charge in [-0.2, -0.15) is 0 Å². The first-order valence-corrected chi connectivity index (χ1v) is 9.74. The SMILES string of the molecule is C[C@H](NC(=O)c1ccc(N)c(Cl)c1)C(=O)N1CC(F)(F)C[C@H]1C(=O)N[C@H](C=O)CC(=O)O. The lowest BCUT2D eigenvalue weighted by Crippen LogP contribution is -2.54. The van der Waals surface area contributed by atoms with Crippen molar-refractivity contribution in [1.82, 2.24) is 15.5 Å². The summed E-state index contributed by atoms with van der Waals surface area (Å²) >= 11 is 5.86. The second-order valence-electron chi connectivity index (χ2n) is 7.32. The van der Waals surface area contributed by atoms with Gasteiger partial charge >= 0.3 is 5.97 Å². The van der Waals surface area contributed by atoms with Gasteiger partial charge in [0.2, 0.25) is 11.8 Å². The van der Waals surface area contributed by atoms with Gasteiger partial charge in [0.15, 0.2) is 0 Å². The van der Waals surface area contributed by atoms with Gasteiger partial charge in [0.25, 0.3) is 11.8 Å². The minimum atomic E-state index is -3.39. The Balaban J connectivity index is 2.13. The summed E-state index contributed by atoms with van der Waals surface area (Å²) in [5.74, 6) is -7.56. The Kier molecular flexibility index (Phi) is 7.73. The molecule has 13 heteroatoms. The summed E-state index contributed by atoms with van der Waals surface area (Å²) in [6.07, 6.45) is -1.60. The molecule has 0 spiro atoms. The number of aldehydes is 1. The lowest BCUT2D eigenvalue weighted by Gasteiger charge is -2.27. The van der Waals surface area contributed by atoms with Crippen molar-refractivity contribution in [3.63, 3.8) is 0 Å². The third-order valence-corrected chi connectivity index (χ3v) is 5.05. The maximum Gasteiger partial charge on any atom is 0.305 e. The number of carboxylic acid groups (broad SMARTS) is 1. The predicted octanol–water partition coefficient (Wildman–Crippen LogP) is 0.435. The number of carboxylic acids is 1. The van der Waals surface area contributed by atoms with Gasteiger partial charge in [0, 0.05) is 12.0 Å². The molecule has 1 heterocycles. The van der Waals surface area contributed by atoms with E-state index in [1.807, 2.05) is 0 Å². The summed E-state index contributed by atoms with van der Waals surface area (Å²) in [6, 6.07) is -0.380. The molecule has 5 N–H and O–H groups in total. The molecule has 1 aliphatic rings. The van der Waals surface area contributed by atoms with Crippen molar-refractivity contribution in [2.45, 2.75) is 43.8 Å². The first-order valence-electron chi connectivity index (χ1n) is 9.36. The number of hydrogen-bond donors (Lipinski definition) is 4. The number of carbonyl (C=O) groups is 5. The Hall–Kier alpha value is -3.28. The predicted molar refractivity (Wildman–Crippen MR) is 108 cm³/mol. The fourth-order valence-corrected chi connectivity index (χ4v) is 3.32. The van der Waals surface area contributed by atoms with Crippen LogP contribution in [-0.4, -0.2) is 70.6 Å². The number of anilines is 1. The maximum atomic E-state index is 14.0. The van der Waals surface area contributed by atoms with Gasteiger partial charge in [-0.05, 0) is 25.1 Å². The third kappa shape index (κ3) is 6.13. The number of amides is 3. The lowest BCUT2D eigenvalue weighted by molar-refractivity contribution is -0.142. The van der Waals surface area contributed by atoms with Crippen LogP contribution in [0.2, 0.25) is 5.02 Å². The van der Waals surface area contributed by atoms with Crippen LogP contribution in [0, 0.1) is 0 Å². The van der Waals surface area contributed by atoms with E-state index >= 15 is 0 Å². The van der Waals surface area contributed by atoms with Crippen LogP contribution in [0.3, 0.4) is 0 Å². The molecular formula is C19H21ClF2N4O6. The van der Waals surface area contributed by atoms with E-state index in [1.165, 1.54) is 25.1 Å². The zero-order chi connectivity index (χ0) is 24.2. The smallest absolute Gasteiger partial charge is 0.305 e. The van der Waals surface area contributed by atoms with E-state index in [1.54, 1.807) is 0 Å². The molecule has 3 amide bonds. The highest BCUT2D eigenvalue weighted by atomic mass is 35.5. The number of aliphatic carboxylic acids is 1. The summed E-state index contributed by atoms with van der Waals surface area (Å²) in [5, 5.41) is 13.3. The number of nitrogens with zero attached hydrogens (tertiary/aromatic N) is 1. The minimum absolute atomic E-state index is 0.0763. The van der Waals surface area contributed by atoms with Gasteiger partial charge in [-0.25, -0.2) is 8.78 Å². The van der Waals surface area contributed by atoms with Crippen molar-refractivity contribution >= 4 is 47.3 Å². The fourth-order valence-electron chi connectivity index (χ4n) is 3.14. The van der Waals surface area contributed by atoms with Crippen molar-refractivity contribution in [3.8, 4) is 0 Å². The second kappa shape index (κ2) is 9.90. The van der Waals surface area contributed by atoms with Crippen LogP contribution in [0.1, 0.15) is 30.1 Å². The lowest BCUT2D eigenvalue weighted by atomic mass is 10.1. The third-order valence-electron chi connectivity index (χ3n) is 4.72. The Morgan fingerprint density at radius 2 is 2.00 bits per heavy atom. The molecule has 1 fully saturated rings. The van der Waals surface area contributed by atoms with Gasteiger partial charge in [0.05, 0.1) is 29.7 Å². The van der Waals surface area contributed by atoms with E-state index in [2.05, 4.69) is 10.6 Å². The van der Waals surface area contributed by atoms with E-state index in [-0.39, 0.29) is 22.6 Å². The molecule has 1 aliphatic heterocycles. The fraction of sp³-hybridized carbons (Fsp3) is 0.421. The Bertz CT molecular complexity index is 944. The average molecular weight is 475 g/mol. The number of rotatable bonds is 8. The number of nitrogens with two attached hydrogens (primary N) is 1. The number of nitrogen functional groups attached to an aromatic ring is 1. The zero-order valence-corrected chi connectivity index (χ0v) is 17.6. The van der Waals surface area contributed by atoms with Crippen molar-refractivity contribution in [2.24, 2.45) is 0 Å². The van der Waals surface area contributed by atoms with E-state index in [0.717, 1.165) is 0 Å². The highest BCUT2D eigenvalue weighted by Crippen LogP contribution is 2.32. The van der Waals surface area contributed by atoms with Crippen LogP contribution >= 0.6 is 11.6 Å². The Morgan fingerprint density at radius 3 is 2.56 bits per heavy atom. The van der Waals surface area contributed by atoms with Gasteiger partial charge in [-0.15, -0.1) is 0 Å². The molecule has 0 unspecified atom stereocenters. The van der Waals surface area contributed by atoms with E-state index in [9.17, 15) is 32.8 Å². The van der Waals surface area contributed by atoms with Crippen molar-refractivity contribution in [1.29, 1.82) is 0 Å². The average Bonchev–Trinajstić information content (AvgIpc) is 3.03. The molecule has 0 radical (unpaired) electrons. The zero-order valence-electron chi connectivity index (χ0n) is 16.8. The van der Waals surface area contributed by atoms with Crippen molar-refractivity contribution in [3.05, 3.63) is 28.8 Å². The largest absolute Gasteiger partial charge is 0.481 e.